The molecule has 1 aliphatic heterocycles. The molecule has 4 heteroatoms. The van der Waals surface area contributed by atoms with Gasteiger partial charge in [-0.3, -0.25) is 4.79 Å². The number of nitrogens with zero attached hydrogens (tertiary/aromatic N) is 1. The summed E-state index contributed by atoms with van der Waals surface area (Å²) in [6.45, 7) is 4.16. The third kappa shape index (κ3) is 3.73. The van der Waals surface area contributed by atoms with Crippen molar-refractivity contribution < 1.29 is 9.90 Å². The van der Waals surface area contributed by atoms with Gasteiger partial charge in [0.1, 0.15) is 5.75 Å². The molecule has 2 rings (SSSR count). The number of carbonyl (C=O) groups excluding carboxylic acids is 1. The summed E-state index contributed by atoms with van der Waals surface area (Å²) < 4.78 is 0. The molecule has 1 saturated heterocycles. The first-order chi connectivity index (χ1) is 9.72. The number of phenolic OH excluding ortho intramolecular Hbond substituents is 1. The summed E-state index contributed by atoms with van der Waals surface area (Å²) in [6, 6.07) is 7.33. The molecule has 0 saturated carbocycles. The van der Waals surface area contributed by atoms with E-state index in [1.165, 1.54) is 6.42 Å². The topological polar surface area (TPSA) is 52.6 Å². The van der Waals surface area contributed by atoms with Crippen LogP contribution in [0.4, 0.5) is 0 Å². The van der Waals surface area contributed by atoms with Crippen molar-refractivity contribution in [3.05, 3.63) is 29.8 Å². The van der Waals surface area contributed by atoms with Crippen molar-refractivity contribution in [1.29, 1.82) is 0 Å². The summed E-state index contributed by atoms with van der Waals surface area (Å²) in [7, 11) is 0. The van der Waals surface area contributed by atoms with E-state index in [-0.39, 0.29) is 17.7 Å². The van der Waals surface area contributed by atoms with Crippen molar-refractivity contribution >= 4 is 5.91 Å². The Hall–Kier alpha value is -1.55. The second kappa shape index (κ2) is 7.29. The standard InChI is InChI=1S/C16H24N2O2/c1-2-14(13-8-4-5-9-15(13)19)17-12-16(20)18-10-6-3-7-11-18/h4-5,8-9,14,17,19H,2-3,6-7,10-12H2,1H3. The summed E-state index contributed by atoms with van der Waals surface area (Å²) in [4.78, 5) is 14.1. The molecule has 4 nitrogen and oxygen atoms in total. The molecule has 0 spiro atoms. The first-order valence-electron chi connectivity index (χ1n) is 7.51. The van der Waals surface area contributed by atoms with E-state index < -0.39 is 0 Å². The second-order valence-electron chi connectivity index (χ2n) is 5.34. The predicted octanol–water partition coefficient (Wildman–Crippen LogP) is 2.45. The van der Waals surface area contributed by atoms with E-state index in [2.05, 4.69) is 12.2 Å². The minimum Gasteiger partial charge on any atom is -0.508 e. The van der Waals surface area contributed by atoms with Gasteiger partial charge in [0.2, 0.25) is 5.91 Å². The molecule has 0 bridgehead atoms. The highest BCUT2D eigenvalue weighted by atomic mass is 16.3. The molecule has 1 aromatic carbocycles. The van der Waals surface area contributed by atoms with E-state index in [1.807, 2.05) is 23.1 Å². The quantitative estimate of drug-likeness (QED) is 0.868. The van der Waals surface area contributed by atoms with Crippen LogP contribution in [0.5, 0.6) is 5.75 Å². The Morgan fingerprint density at radius 3 is 2.65 bits per heavy atom. The zero-order chi connectivity index (χ0) is 14.4. The molecule has 1 fully saturated rings. The molecular weight excluding hydrogens is 252 g/mol. The fraction of sp³-hybridized carbons (Fsp3) is 0.562. The van der Waals surface area contributed by atoms with E-state index in [9.17, 15) is 9.90 Å². The number of phenols is 1. The maximum atomic E-state index is 12.1. The van der Waals surface area contributed by atoms with E-state index in [4.69, 9.17) is 0 Å². The summed E-state index contributed by atoms with van der Waals surface area (Å²) >= 11 is 0. The van der Waals surface area contributed by atoms with Gasteiger partial charge < -0.3 is 15.3 Å². The summed E-state index contributed by atoms with van der Waals surface area (Å²) in [6.07, 6.45) is 4.29. The van der Waals surface area contributed by atoms with Crippen LogP contribution in [-0.2, 0) is 4.79 Å². The maximum Gasteiger partial charge on any atom is 0.236 e. The Kier molecular flexibility index (Phi) is 5.41. The summed E-state index contributed by atoms with van der Waals surface area (Å²) in [5, 5.41) is 13.2. The van der Waals surface area contributed by atoms with Crippen LogP contribution in [0, 0.1) is 0 Å². The van der Waals surface area contributed by atoms with Gasteiger partial charge in [-0.2, -0.15) is 0 Å². The number of hydrogen-bond donors (Lipinski definition) is 2. The number of aromatic hydroxyl groups is 1. The normalized spacial score (nSPS) is 16.9. The van der Waals surface area contributed by atoms with Crippen molar-refractivity contribution in [2.45, 2.75) is 38.6 Å². The Morgan fingerprint density at radius 1 is 1.30 bits per heavy atom. The average molecular weight is 276 g/mol. The van der Waals surface area contributed by atoms with Crippen molar-refractivity contribution in [3.8, 4) is 5.75 Å². The minimum absolute atomic E-state index is 0.0185. The van der Waals surface area contributed by atoms with Gasteiger partial charge in [-0.15, -0.1) is 0 Å². The molecule has 1 aliphatic rings. The van der Waals surface area contributed by atoms with Crippen LogP contribution in [-0.4, -0.2) is 35.5 Å². The Bertz CT molecular complexity index is 442. The zero-order valence-electron chi connectivity index (χ0n) is 12.1. The molecule has 0 radical (unpaired) electrons. The number of carbonyl (C=O) groups is 1. The van der Waals surface area contributed by atoms with Crippen LogP contribution < -0.4 is 5.32 Å². The predicted molar refractivity (Wildman–Crippen MR) is 79.6 cm³/mol. The van der Waals surface area contributed by atoms with Crippen LogP contribution >= 0.6 is 0 Å². The molecule has 0 aromatic heterocycles. The Morgan fingerprint density at radius 2 is 2.00 bits per heavy atom. The lowest BCUT2D eigenvalue weighted by atomic mass is 10.0. The number of benzene rings is 1. The third-order valence-electron chi connectivity index (χ3n) is 3.93. The molecular formula is C16H24N2O2. The first kappa shape index (κ1) is 14.9. The lowest BCUT2D eigenvalue weighted by Crippen LogP contribution is -2.41. The van der Waals surface area contributed by atoms with Gasteiger partial charge in [-0.05, 0) is 31.7 Å². The van der Waals surface area contributed by atoms with Gasteiger partial charge in [-0.1, -0.05) is 25.1 Å². The maximum absolute atomic E-state index is 12.1. The highest BCUT2D eigenvalue weighted by Crippen LogP contribution is 2.25. The van der Waals surface area contributed by atoms with Gasteiger partial charge in [0.15, 0.2) is 0 Å². The van der Waals surface area contributed by atoms with E-state index >= 15 is 0 Å². The van der Waals surface area contributed by atoms with E-state index in [0.29, 0.717) is 6.54 Å². The molecule has 1 aromatic rings. The van der Waals surface area contributed by atoms with Crippen molar-refractivity contribution in [2.24, 2.45) is 0 Å². The fourth-order valence-electron chi connectivity index (χ4n) is 2.72. The summed E-state index contributed by atoms with van der Waals surface area (Å²) in [5.74, 6) is 0.454. The molecule has 20 heavy (non-hydrogen) atoms. The highest BCUT2D eigenvalue weighted by molar-refractivity contribution is 5.78. The Balaban J connectivity index is 1.90. The fourth-order valence-corrected chi connectivity index (χ4v) is 2.72. The van der Waals surface area contributed by atoms with Crippen LogP contribution in [0.15, 0.2) is 24.3 Å². The molecule has 2 N–H and O–H groups in total. The lowest BCUT2D eigenvalue weighted by Gasteiger charge is -2.28. The molecule has 1 amide bonds. The van der Waals surface area contributed by atoms with Crippen LogP contribution in [0.1, 0.15) is 44.2 Å². The van der Waals surface area contributed by atoms with Crippen molar-refractivity contribution in [2.75, 3.05) is 19.6 Å². The average Bonchev–Trinajstić information content (AvgIpc) is 2.50. The number of para-hydroxylation sites is 1. The van der Waals surface area contributed by atoms with Gasteiger partial charge in [0, 0.05) is 24.7 Å². The molecule has 1 unspecified atom stereocenters. The zero-order valence-corrected chi connectivity index (χ0v) is 12.1. The summed E-state index contributed by atoms with van der Waals surface area (Å²) in [5.41, 5.74) is 0.862. The van der Waals surface area contributed by atoms with Crippen LogP contribution in [0.3, 0.4) is 0 Å². The number of amides is 1. The third-order valence-corrected chi connectivity index (χ3v) is 3.93. The number of likely N-dealkylation sites (tertiary alicyclic amines) is 1. The number of nitrogens with one attached hydrogen (secondary N) is 1. The Labute approximate surface area is 120 Å². The van der Waals surface area contributed by atoms with Crippen LogP contribution in [0.25, 0.3) is 0 Å². The van der Waals surface area contributed by atoms with Crippen LogP contribution in [0.2, 0.25) is 0 Å². The SMILES string of the molecule is CCC(NCC(=O)N1CCCCC1)c1ccccc1O. The smallest absolute Gasteiger partial charge is 0.236 e. The van der Waals surface area contributed by atoms with E-state index in [1.54, 1.807) is 6.07 Å². The first-order valence-corrected chi connectivity index (χ1v) is 7.51. The largest absolute Gasteiger partial charge is 0.508 e. The number of piperidine rings is 1. The van der Waals surface area contributed by atoms with Gasteiger partial charge in [-0.25, -0.2) is 0 Å². The monoisotopic (exact) mass is 276 g/mol. The lowest BCUT2D eigenvalue weighted by molar-refractivity contribution is -0.131. The van der Waals surface area contributed by atoms with E-state index in [0.717, 1.165) is 37.9 Å². The van der Waals surface area contributed by atoms with Crippen molar-refractivity contribution in [1.82, 2.24) is 10.2 Å². The second-order valence-corrected chi connectivity index (χ2v) is 5.34. The van der Waals surface area contributed by atoms with Gasteiger partial charge >= 0.3 is 0 Å². The molecule has 110 valence electrons. The van der Waals surface area contributed by atoms with Gasteiger partial charge in [0.25, 0.3) is 0 Å². The highest BCUT2D eigenvalue weighted by Gasteiger charge is 2.18. The van der Waals surface area contributed by atoms with Crippen molar-refractivity contribution in [3.63, 3.8) is 0 Å². The molecule has 1 atom stereocenters. The number of hydrogen-bond acceptors (Lipinski definition) is 3. The minimum atomic E-state index is 0.0185. The van der Waals surface area contributed by atoms with Gasteiger partial charge in [0.05, 0.1) is 6.54 Å². The molecule has 0 aliphatic carbocycles. The molecule has 1 heterocycles. The number of rotatable bonds is 5.